The third kappa shape index (κ3) is 4.41. The fraction of sp³-hybridized carbons (Fsp3) is 0.385. The number of amides is 1. The van der Waals surface area contributed by atoms with Crippen molar-refractivity contribution in [1.29, 1.82) is 0 Å². The van der Waals surface area contributed by atoms with E-state index >= 15 is 0 Å². The van der Waals surface area contributed by atoms with E-state index in [-0.39, 0.29) is 22.8 Å². The van der Waals surface area contributed by atoms with Crippen molar-refractivity contribution in [3.05, 3.63) is 33.9 Å². The zero-order chi connectivity index (χ0) is 17.9. The first-order valence-electron chi connectivity index (χ1n) is 6.89. The number of benzene rings is 1. The van der Waals surface area contributed by atoms with Gasteiger partial charge in [0, 0.05) is 12.1 Å². The summed E-state index contributed by atoms with van der Waals surface area (Å²) in [7, 11) is -3.13. The number of anilines is 1. The van der Waals surface area contributed by atoms with E-state index in [0.29, 0.717) is 6.42 Å². The summed E-state index contributed by atoms with van der Waals surface area (Å²) in [6, 6.07) is 2.89. The molecule has 3 N–H and O–H groups in total. The summed E-state index contributed by atoms with van der Waals surface area (Å²) in [4.78, 5) is 33.5. The molecule has 0 aromatic heterocycles. The molecule has 0 radical (unpaired) electrons. The molecule has 1 aliphatic rings. The number of sulfone groups is 1. The lowest BCUT2D eigenvalue weighted by Crippen LogP contribution is -2.38. The van der Waals surface area contributed by atoms with Crippen molar-refractivity contribution in [2.45, 2.75) is 12.5 Å². The SMILES string of the molecule is Nc1ccc(C(=O)OCC(=O)N[C@H]2CCS(=O)(=O)C2)cc1[N+](=O)[O-]. The summed E-state index contributed by atoms with van der Waals surface area (Å²) in [5.74, 6) is -1.70. The van der Waals surface area contributed by atoms with Crippen LogP contribution in [0, 0.1) is 10.1 Å². The molecule has 11 heteroatoms. The number of rotatable bonds is 5. The molecule has 130 valence electrons. The number of nitro groups is 1. The Morgan fingerprint density at radius 1 is 1.42 bits per heavy atom. The number of nitrogen functional groups attached to an aromatic ring is 1. The molecule has 1 aromatic rings. The molecule has 0 unspecified atom stereocenters. The second-order valence-electron chi connectivity index (χ2n) is 5.27. The van der Waals surface area contributed by atoms with Crippen molar-refractivity contribution in [3.8, 4) is 0 Å². The van der Waals surface area contributed by atoms with E-state index in [0.717, 1.165) is 6.07 Å². The third-order valence-corrected chi connectivity index (χ3v) is 5.16. The number of hydrogen-bond donors (Lipinski definition) is 2. The lowest BCUT2D eigenvalue weighted by molar-refractivity contribution is -0.383. The van der Waals surface area contributed by atoms with Gasteiger partial charge in [-0.05, 0) is 18.6 Å². The van der Waals surface area contributed by atoms with Crippen molar-refractivity contribution in [2.24, 2.45) is 0 Å². The van der Waals surface area contributed by atoms with Crippen LogP contribution in [0.4, 0.5) is 11.4 Å². The van der Waals surface area contributed by atoms with Crippen LogP contribution in [-0.4, -0.2) is 49.4 Å². The summed E-state index contributed by atoms with van der Waals surface area (Å²) in [6.45, 7) is -0.618. The Morgan fingerprint density at radius 3 is 2.71 bits per heavy atom. The molecular formula is C13H15N3O7S. The van der Waals surface area contributed by atoms with Crippen molar-refractivity contribution in [3.63, 3.8) is 0 Å². The number of ether oxygens (including phenoxy) is 1. The molecule has 1 aromatic carbocycles. The first-order valence-corrected chi connectivity index (χ1v) is 8.71. The summed E-state index contributed by atoms with van der Waals surface area (Å²) < 4.78 is 27.3. The van der Waals surface area contributed by atoms with Gasteiger partial charge in [-0.3, -0.25) is 14.9 Å². The molecule has 0 aliphatic carbocycles. The number of nitrogens with zero attached hydrogens (tertiary/aromatic N) is 1. The minimum Gasteiger partial charge on any atom is -0.452 e. The maximum Gasteiger partial charge on any atom is 0.338 e. The number of nitrogens with two attached hydrogens (primary N) is 1. The Bertz CT molecular complexity index is 791. The zero-order valence-electron chi connectivity index (χ0n) is 12.4. The van der Waals surface area contributed by atoms with E-state index in [1.807, 2.05) is 0 Å². The molecule has 2 rings (SSSR count). The van der Waals surface area contributed by atoms with Crippen molar-refractivity contribution in [2.75, 3.05) is 23.8 Å². The second-order valence-corrected chi connectivity index (χ2v) is 7.50. The molecule has 1 atom stereocenters. The maximum atomic E-state index is 11.8. The molecule has 10 nitrogen and oxygen atoms in total. The highest BCUT2D eigenvalue weighted by molar-refractivity contribution is 7.91. The largest absolute Gasteiger partial charge is 0.452 e. The zero-order valence-corrected chi connectivity index (χ0v) is 13.2. The topological polar surface area (TPSA) is 159 Å². The van der Waals surface area contributed by atoms with Gasteiger partial charge in [-0.1, -0.05) is 0 Å². The molecule has 0 spiro atoms. The van der Waals surface area contributed by atoms with E-state index < -0.39 is 45.0 Å². The highest BCUT2D eigenvalue weighted by Crippen LogP contribution is 2.22. The average Bonchev–Trinajstić information content (AvgIpc) is 2.83. The van der Waals surface area contributed by atoms with Crippen LogP contribution in [-0.2, 0) is 19.4 Å². The quantitative estimate of drug-likeness (QED) is 0.313. The minimum absolute atomic E-state index is 0.00678. The second kappa shape index (κ2) is 6.83. The predicted octanol–water partition coefficient (Wildman–Crippen LogP) is -0.363. The lowest BCUT2D eigenvalue weighted by atomic mass is 10.2. The van der Waals surface area contributed by atoms with Crippen LogP contribution < -0.4 is 11.1 Å². The van der Waals surface area contributed by atoms with Gasteiger partial charge < -0.3 is 15.8 Å². The summed E-state index contributed by atoms with van der Waals surface area (Å²) in [6.07, 6.45) is 0.312. The first kappa shape index (κ1) is 17.7. The van der Waals surface area contributed by atoms with E-state index in [1.165, 1.54) is 12.1 Å². The fourth-order valence-corrected chi connectivity index (χ4v) is 3.89. The van der Waals surface area contributed by atoms with Crippen molar-refractivity contribution < 1.29 is 27.7 Å². The number of nitro benzene ring substituents is 1. The van der Waals surface area contributed by atoms with E-state index in [2.05, 4.69) is 5.32 Å². The van der Waals surface area contributed by atoms with Gasteiger partial charge >= 0.3 is 5.97 Å². The van der Waals surface area contributed by atoms with Gasteiger partial charge in [0.25, 0.3) is 11.6 Å². The standard InChI is InChI=1S/C13H15N3O7S/c14-10-2-1-8(5-11(10)16(19)20)13(18)23-6-12(17)15-9-3-4-24(21,22)7-9/h1-2,5,9H,3-4,6-7,14H2,(H,15,17)/t9-/m0/s1. The van der Waals surface area contributed by atoms with Crippen LogP contribution in [0.1, 0.15) is 16.8 Å². The predicted molar refractivity (Wildman–Crippen MR) is 83.0 cm³/mol. The average molecular weight is 357 g/mol. The van der Waals surface area contributed by atoms with Gasteiger partial charge in [0.1, 0.15) is 5.69 Å². The van der Waals surface area contributed by atoms with Crippen molar-refractivity contribution >= 4 is 33.1 Å². The summed E-state index contributed by atoms with van der Waals surface area (Å²) in [5, 5.41) is 13.2. The molecule has 1 heterocycles. The highest BCUT2D eigenvalue weighted by atomic mass is 32.2. The fourth-order valence-electron chi connectivity index (χ4n) is 2.22. The molecule has 1 aliphatic heterocycles. The Hall–Kier alpha value is -2.69. The highest BCUT2D eigenvalue weighted by Gasteiger charge is 2.29. The Labute approximate surface area is 137 Å². The van der Waals surface area contributed by atoms with Crippen LogP contribution in [0.2, 0.25) is 0 Å². The van der Waals surface area contributed by atoms with Crippen LogP contribution in [0.5, 0.6) is 0 Å². The number of nitrogens with one attached hydrogen (secondary N) is 1. The Kier molecular flexibility index (Phi) is 5.02. The van der Waals surface area contributed by atoms with Crippen LogP contribution in [0.3, 0.4) is 0 Å². The van der Waals surface area contributed by atoms with Gasteiger partial charge in [-0.15, -0.1) is 0 Å². The van der Waals surface area contributed by atoms with Gasteiger partial charge in [0.15, 0.2) is 16.4 Å². The molecule has 0 bridgehead atoms. The number of esters is 1. The van der Waals surface area contributed by atoms with Crippen LogP contribution in [0.25, 0.3) is 0 Å². The van der Waals surface area contributed by atoms with Gasteiger partial charge in [-0.2, -0.15) is 0 Å². The van der Waals surface area contributed by atoms with Crippen LogP contribution in [0.15, 0.2) is 18.2 Å². The van der Waals surface area contributed by atoms with E-state index in [4.69, 9.17) is 10.5 Å². The smallest absolute Gasteiger partial charge is 0.338 e. The summed E-state index contributed by atoms with van der Waals surface area (Å²) in [5.41, 5.74) is 4.76. The Balaban J connectivity index is 1.90. The molecule has 24 heavy (non-hydrogen) atoms. The molecule has 1 fully saturated rings. The number of hydrogen-bond acceptors (Lipinski definition) is 8. The molecular weight excluding hydrogens is 342 g/mol. The number of carbonyl (C=O) groups excluding carboxylic acids is 2. The summed E-state index contributed by atoms with van der Waals surface area (Å²) >= 11 is 0. The number of carbonyl (C=O) groups is 2. The van der Waals surface area contributed by atoms with Crippen molar-refractivity contribution in [1.82, 2.24) is 5.32 Å². The van der Waals surface area contributed by atoms with E-state index in [9.17, 15) is 28.1 Å². The molecule has 0 saturated carbocycles. The van der Waals surface area contributed by atoms with Gasteiger partial charge in [0.2, 0.25) is 0 Å². The normalized spacial score (nSPS) is 18.8. The van der Waals surface area contributed by atoms with Gasteiger partial charge in [-0.25, -0.2) is 13.2 Å². The maximum absolute atomic E-state index is 11.8. The van der Waals surface area contributed by atoms with Crippen LogP contribution >= 0.6 is 0 Å². The molecule has 1 amide bonds. The Morgan fingerprint density at radius 2 is 2.12 bits per heavy atom. The molecule has 1 saturated heterocycles. The monoisotopic (exact) mass is 357 g/mol. The minimum atomic E-state index is -3.13. The lowest BCUT2D eigenvalue weighted by Gasteiger charge is -2.11. The van der Waals surface area contributed by atoms with E-state index in [1.54, 1.807) is 0 Å². The van der Waals surface area contributed by atoms with Gasteiger partial charge in [0.05, 0.1) is 22.0 Å². The first-order chi connectivity index (χ1) is 11.2. The third-order valence-electron chi connectivity index (χ3n) is 3.39.